The molecule has 0 unspecified atom stereocenters. The second-order valence-electron chi connectivity index (χ2n) is 6.31. The molecule has 4 rings (SSSR count). The van der Waals surface area contributed by atoms with Crippen molar-refractivity contribution in [2.24, 2.45) is 0 Å². The highest BCUT2D eigenvalue weighted by molar-refractivity contribution is 7.10. The van der Waals surface area contributed by atoms with Gasteiger partial charge >= 0.3 is 6.03 Å². The van der Waals surface area contributed by atoms with Crippen LogP contribution in [0.3, 0.4) is 0 Å². The smallest absolute Gasteiger partial charge is 0.322 e. The molecule has 1 N–H and O–H groups in total. The minimum absolute atomic E-state index is 0.177. The highest BCUT2D eigenvalue weighted by Gasteiger charge is 2.27. The van der Waals surface area contributed by atoms with Crippen LogP contribution in [-0.4, -0.2) is 93.8 Å². The summed E-state index contributed by atoms with van der Waals surface area (Å²) in [6.45, 7) is 4.35. The van der Waals surface area contributed by atoms with Crippen LogP contribution in [0.25, 0.3) is 0 Å². The van der Waals surface area contributed by atoms with Crippen molar-refractivity contribution >= 4 is 34.4 Å². The van der Waals surface area contributed by atoms with Gasteiger partial charge in [0.05, 0.1) is 13.2 Å². The van der Waals surface area contributed by atoms with E-state index < -0.39 is 0 Å². The normalized spacial score (nSPS) is 17.5. The van der Waals surface area contributed by atoms with Crippen LogP contribution in [0.1, 0.15) is 10.5 Å². The van der Waals surface area contributed by atoms with E-state index in [2.05, 4.69) is 24.9 Å². The average Bonchev–Trinajstić information content (AvgIpc) is 3.22. The van der Waals surface area contributed by atoms with Gasteiger partial charge in [0, 0.05) is 63.2 Å². The second kappa shape index (κ2) is 8.44. The summed E-state index contributed by atoms with van der Waals surface area (Å²) in [6.07, 6.45) is 3.40. The maximum atomic E-state index is 12.6. The summed E-state index contributed by atoms with van der Waals surface area (Å²) in [5.41, 5.74) is 0.177. The maximum absolute atomic E-state index is 12.6. The largest absolute Gasteiger partial charge is 0.378 e. The Morgan fingerprint density at radius 3 is 2.43 bits per heavy atom. The van der Waals surface area contributed by atoms with E-state index in [1.54, 1.807) is 28.3 Å². The number of ether oxygens (including phenoxy) is 1. The lowest BCUT2D eigenvalue weighted by molar-refractivity contribution is 0.0299. The number of hydrogen-bond acceptors (Lipinski definition) is 9. The van der Waals surface area contributed by atoms with Gasteiger partial charge < -0.3 is 19.4 Å². The molecule has 148 valence electrons. The number of rotatable bonds is 3. The number of morpholine rings is 1. The molecule has 2 aliphatic rings. The highest BCUT2D eigenvalue weighted by Crippen LogP contribution is 2.21. The number of carbonyl (C=O) groups is 2. The van der Waals surface area contributed by atoms with Crippen molar-refractivity contribution < 1.29 is 14.3 Å². The minimum Gasteiger partial charge on any atom is -0.378 e. The van der Waals surface area contributed by atoms with Gasteiger partial charge in [-0.05, 0) is 6.07 Å². The van der Waals surface area contributed by atoms with Gasteiger partial charge in [-0.1, -0.05) is 4.49 Å². The Morgan fingerprint density at radius 2 is 1.71 bits per heavy atom. The number of hydrogen-bond donors (Lipinski definition) is 1. The molecular formula is C16H20N8O3S. The molecule has 0 aliphatic carbocycles. The quantitative estimate of drug-likeness (QED) is 0.769. The van der Waals surface area contributed by atoms with Crippen molar-refractivity contribution in [2.45, 2.75) is 0 Å². The average molecular weight is 404 g/mol. The van der Waals surface area contributed by atoms with Gasteiger partial charge in [-0.2, -0.15) is 0 Å². The minimum atomic E-state index is -0.268. The number of aromatic nitrogens is 4. The van der Waals surface area contributed by atoms with Crippen LogP contribution in [0, 0.1) is 0 Å². The molecule has 0 bridgehead atoms. The molecule has 0 aromatic carbocycles. The van der Waals surface area contributed by atoms with Gasteiger partial charge in [0.2, 0.25) is 5.95 Å². The van der Waals surface area contributed by atoms with E-state index in [1.165, 1.54) is 0 Å². The number of amides is 3. The van der Waals surface area contributed by atoms with E-state index >= 15 is 0 Å². The number of nitrogens with zero attached hydrogens (tertiary/aromatic N) is 7. The maximum Gasteiger partial charge on any atom is 0.322 e. The van der Waals surface area contributed by atoms with Gasteiger partial charge in [-0.25, -0.2) is 14.8 Å². The predicted octanol–water partition coefficient (Wildman–Crippen LogP) is 0.155. The summed E-state index contributed by atoms with van der Waals surface area (Å²) in [6, 6.07) is 1.50. The second-order valence-corrected chi connectivity index (χ2v) is 7.06. The fraction of sp³-hybridized carbons (Fsp3) is 0.500. The highest BCUT2D eigenvalue weighted by atomic mass is 32.1. The lowest BCUT2D eigenvalue weighted by Crippen LogP contribution is -2.50. The molecule has 0 atom stereocenters. The number of piperazine rings is 1. The fourth-order valence-electron chi connectivity index (χ4n) is 3.07. The lowest BCUT2D eigenvalue weighted by Gasteiger charge is -2.34. The van der Waals surface area contributed by atoms with Crippen LogP contribution in [0.15, 0.2) is 18.5 Å². The first kappa shape index (κ1) is 18.5. The summed E-state index contributed by atoms with van der Waals surface area (Å²) in [4.78, 5) is 39.1. The Labute approximate surface area is 165 Å². The molecule has 28 heavy (non-hydrogen) atoms. The Morgan fingerprint density at radius 1 is 1.00 bits per heavy atom. The van der Waals surface area contributed by atoms with E-state index in [1.807, 2.05) is 4.90 Å². The molecule has 0 saturated carbocycles. The monoisotopic (exact) mass is 404 g/mol. The Kier molecular flexibility index (Phi) is 5.58. The zero-order chi connectivity index (χ0) is 19.3. The van der Waals surface area contributed by atoms with Crippen molar-refractivity contribution in [3.05, 3.63) is 24.2 Å². The van der Waals surface area contributed by atoms with Gasteiger partial charge in [0.1, 0.15) is 0 Å². The molecule has 2 aromatic heterocycles. The number of urea groups is 1. The van der Waals surface area contributed by atoms with E-state index in [-0.39, 0.29) is 17.6 Å². The van der Waals surface area contributed by atoms with Crippen LogP contribution in [0.5, 0.6) is 0 Å². The first-order valence-electron chi connectivity index (χ1n) is 8.99. The molecule has 2 saturated heterocycles. The topological polar surface area (TPSA) is 117 Å². The van der Waals surface area contributed by atoms with Crippen molar-refractivity contribution in [3.63, 3.8) is 0 Å². The Bertz CT molecular complexity index is 818. The number of anilines is 2. The molecule has 0 spiro atoms. The summed E-state index contributed by atoms with van der Waals surface area (Å²) >= 11 is 1.00. The van der Waals surface area contributed by atoms with Crippen LogP contribution in [0.4, 0.5) is 15.7 Å². The molecule has 12 heteroatoms. The van der Waals surface area contributed by atoms with E-state index in [0.717, 1.165) is 11.5 Å². The number of carbonyl (C=O) groups excluding carboxylic acids is 2. The third-order valence-corrected chi connectivity index (χ3v) is 5.25. The molecular weight excluding hydrogens is 384 g/mol. The lowest BCUT2D eigenvalue weighted by atomic mass is 10.3. The van der Waals surface area contributed by atoms with Gasteiger partial charge in [-0.15, -0.1) is 5.10 Å². The first-order chi connectivity index (χ1) is 13.7. The molecule has 2 aromatic rings. The Hall–Kier alpha value is -2.86. The summed E-state index contributed by atoms with van der Waals surface area (Å²) in [5.74, 6) is 0.422. The Balaban J connectivity index is 1.35. The van der Waals surface area contributed by atoms with Gasteiger partial charge in [0.15, 0.2) is 10.7 Å². The van der Waals surface area contributed by atoms with Crippen LogP contribution < -0.4 is 10.2 Å². The van der Waals surface area contributed by atoms with Crippen molar-refractivity contribution in [1.82, 2.24) is 29.4 Å². The van der Waals surface area contributed by atoms with Gasteiger partial charge in [0.25, 0.3) is 5.91 Å². The fourth-order valence-corrected chi connectivity index (χ4v) is 3.62. The summed E-state index contributed by atoms with van der Waals surface area (Å²) < 4.78 is 9.11. The SMILES string of the molecule is O=C(Nc1snnc1C(=O)N1CCOCC1)N1CCN(c2ncccn2)CC1. The molecule has 4 heterocycles. The van der Waals surface area contributed by atoms with E-state index in [4.69, 9.17) is 4.74 Å². The zero-order valence-corrected chi connectivity index (χ0v) is 16.0. The molecule has 0 radical (unpaired) electrons. The first-order valence-corrected chi connectivity index (χ1v) is 9.77. The summed E-state index contributed by atoms with van der Waals surface area (Å²) in [5, 5.41) is 7.08. The predicted molar refractivity (Wildman–Crippen MR) is 101 cm³/mol. The van der Waals surface area contributed by atoms with Crippen molar-refractivity contribution in [1.29, 1.82) is 0 Å². The van der Waals surface area contributed by atoms with E-state index in [9.17, 15) is 9.59 Å². The standard InChI is InChI=1S/C16H20N8O3S/c25-14(22-8-10-27-11-9-22)12-13(28-21-20-12)19-16(26)24-6-4-23(5-7-24)15-17-2-1-3-18-15/h1-3H,4-11H2,(H,19,26). The van der Waals surface area contributed by atoms with Crippen molar-refractivity contribution in [3.8, 4) is 0 Å². The van der Waals surface area contributed by atoms with Crippen LogP contribution in [0.2, 0.25) is 0 Å². The van der Waals surface area contributed by atoms with Crippen LogP contribution in [-0.2, 0) is 4.74 Å². The molecule has 3 amide bonds. The molecule has 2 aliphatic heterocycles. The molecule has 2 fully saturated rings. The van der Waals surface area contributed by atoms with Crippen molar-refractivity contribution in [2.75, 3.05) is 62.7 Å². The van der Waals surface area contributed by atoms with E-state index in [0.29, 0.717) is 63.4 Å². The third kappa shape index (κ3) is 4.02. The molecule has 11 nitrogen and oxygen atoms in total. The zero-order valence-electron chi connectivity index (χ0n) is 15.2. The van der Waals surface area contributed by atoms with Gasteiger partial charge in [-0.3, -0.25) is 10.1 Å². The summed E-state index contributed by atoms with van der Waals surface area (Å²) in [7, 11) is 0. The third-order valence-electron chi connectivity index (χ3n) is 4.61. The van der Waals surface area contributed by atoms with Crippen LogP contribution >= 0.6 is 11.5 Å². The number of nitrogens with one attached hydrogen (secondary N) is 1.